The molecule has 0 fully saturated rings. The number of hydrogen-bond donors (Lipinski definition) is 0. The van der Waals surface area contributed by atoms with Gasteiger partial charge in [-0.1, -0.05) is 0 Å². The van der Waals surface area contributed by atoms with Crippen LogP contribution in [0.15, 0.2) is 18.2 Å². The van der Waals surface area contributed by atoms with Crippen LogP contribution in [-0.4, -0.2) is 42.9 Å². The Morgan fingerprint density at radius 3 is 2.57 bits per heavy atom. The number of nitro benzene ring substituents is 1. The van der Waals surface area contributed by atoms with Crippen molar-refractivity contribution in [1.82, 2.24) is 4.90 Å². The maximum atomic E-state index is 12.0. The third-order valence-electron chi connectivity index (χ3n) is 3.04. The molecule has 7 heteroatoms. The summed E-state index contributed by atoms with van der Waals surface area (Å²) >= 11 is 0. The minimum absolute atomic E-state index is 0.0647. The van der Waals surface area contributed by atoms with Crippen molar-refractivity contribution in [1.29, 1.82) is 5.26 Å². The topological polar surface area (TPSA) is 90.5 Å². The Balaban J connectivity index is 3.29. The largest absolute Gasteiger partial charge is 0.365 e. The van der Waals surface area contributed by atoms with Gasteiger partial charge in [0.05, 0.1) is 17.4 Å². The fraction of sp³-hybridized carbons (Fsp3) is 0.429. The van der Waals surface area contributed by atoms with Gasteiger partial charge < -0.3 is 9.80 Å². The highest BCUT2D eigenvalue weighted by Gasteiger charge is 2.21. The van der Waals surface area contributed by atoms with E-state index < -0.39 is 4.92 Å². The molecule has 1 amide bonds. The summed E-state index contributed by atoms with van der Waals surface area (Å²) in [6.07, 6.45) is 0.261. The Bertz CT molecular complexity index is 578. The molecule has 0 N–H and O–H groups in total. The van der Waals surface area contributed by atoms with Crippen LogP contribution in [0.4, 0.5) is 11.4 Å². The number of hydrogen-bond acceptors (Lipinski definition) is 5. The molecule has 0 aromatic heterocycles. The first-order chi connectivity index (χ1) is 9.92. The van der Waals surface area contributed by atoms with Crippen molar-refractivity contribution in [2.75, 3.05) is 32.1 Å². The SMILES string of the molecule is CCN(CCC#N)c1cc(C(=O)N(C)C)ccc1[N+](=O)[O-]. The Morgan fingerprint density at radius 1 is 1.43 bits per heavy atom. The van der Waals surface area contributed by atoms with Crippen molar-refractivity contribution in [3.63, 3.8) is 0 Å². The molecule has 0 bridgehead atoms. The second-order valence-electron chi connectivity index (χ2n) is 4.65. The number of nitriles is 1. The smallest absolute Gasteiger partial charge is 0.292 e. The third-order valence-corrected chi connectivity index (χ3v) is 3.04. The summed E-state index contributed by atoms with van der Waals surface area (Å²) in [6, 6.07) is 6.32. The van der Waals surface area contributed by atoms with Gasteiger partial charge in [-0.25, -0.2) is 0 Å². The summed E-state index contributed by atoms with van der Waals surface area (Å²) in [7, 11) is 3.24. The van der Waals surface area contributed by atoms with Gasteiger partial charge in [-0.3, -0.25) is 14.9 Å². The number of nitrogens with zero attached hydrogens (tertiary/aromatic N) is 4. The van der Waals surface area contributed by atoms with E-state index in [1.54, 1.807) is 19.0 Å². The highest BCUT2D eigenvalue weighted by molar-refractivity contribution is 5.95. The molecule has 0 aliphatic rings. The maximum absolute atomic E-state index is 12.0. The lowest BCUT2D eigenvalue weighted by Gasteiger charge is -2.22. The predicted octanol–water partition coefficient (Wildman–Crippen LogP) is 2.04. The second-order valence-corrected chi connectivity index (χ2v) is 4.65. The summed E-state index contributed by atoms with van der Waals surface area (Å²) in [5, 5.41) is 19.8. The summed E-state index contributed by atoms with van der Waals surface area (Å²) in [4.78, 5) is 25.8. The Kier molecular flexibility index (Phi) is 5.67. The first-order valence-corrected chi connectivity index (χ1v) is 6.54. The van der Waals surface area contributed by atoms with Gasteiger partial charge in [0, 0.05) is 38.8 Å². The van der Waals surface area contributed by atoms with Gasteiger partial charge >= 0.3 is 0 Å². The lowest BCUT2D eigenvalue weighted by atomic mass is 10.1. The molecule has 0 aliphatic carbocycles. The molecule has 0 saturated carbocycles. The Labute approximate surface area is 123 Å². The zero-order chi connectivity index (χ0) is 16.0. The molecule has 0 unspecified atom stereocenters. The normalized spacial score (nSPS) is 9.81. The van der Waals surface area contributed by atoms with Crippen molar-refractivity contribution >= 4 is 17.3 Å². The van der Waals surface area contributed by atoms with Gasteiger partial charge in [0.1, 0.15) is 5.69 Å². The van der Waals surface area contributed by atoms with Gasteiger partial charge in [-0.05, 0) is 19.1 Å². The lowest BCUT2D eigenvalue weighted by Crippen LogP contribution is -2.26. The van der Waals surface area contributed by atoms with Gasteiger partial charge in [0.25, 0.3) is 11.6 Å². The van der Waals surface area contributed by atoms with Crippen LogP contribution in [-0.2, 0) is 0 Å². The van der Waals surface area contributed by atoms with Crippen molar-refractivity contribution in [2.24, 2.45) is 0 Å². The first-order valence-electron chi connectivity index (χ1n) is 6.54. The number of nitro groups is 1. The van der Waals surface area contributed by atoms with Crippen LogP contribution in [0.3, 0.4) is 0 Å². The quantitative estimate of drug-likeness (QED) is 0.590. The second kappa shape index (κ2) is 7.24. The zero-order valence-electron chi connectivity index (χ0n) is 12.4. The van der Waals surface area contributed by atoms with E-state index in [1.807, 2.05) is 13.0 Å². The minimum atomic E-state index is -0.478. The molecule has 21 heavy (non-hydrogen) atoms. The monoisotopic (exact) mass is 290 g/mol. The van der Waals surface area contributed by atoms with Crippen LogP contribution in [0.25, 0.3) is 0 Å². The van der Waals surface area contributed by atoms with E-state index in [4.69, 9.17) is 5.26 Å². The van der Waals surface area contributed by atoms with Gasteiger partial charge in [0.2, 0.25) is 0 Å². The van der Waals surface area contributed by atoms with Crippen molar-refractivity contribution in [2.45, 2.75) is 13.3 Å². The Hall–Kier alpha value is -2.62. The average molecular weight is 290 g/mol. The molecule has 1 rings (SSSR count). The number of anilines is 1. The molecular weight excluding hydrogens is 272 g/mol. The molecule has 0 radical (unpaired) electrons. The fourth-order valence-corrected chi connectivity index (χ4v) is 1.96. The minimum Gasteiger partial charge on any atom is -0.365 e. The zero-order valence-corrected chi connectivity index (χ0v) is 12.4. The number of carbonyl (C=O) groups is 1. The third kappa shape index (κ3) is 3.92. The first kappa shape index (κ1) is 16.4. The molecule has 0 aliphatic heterocycles. The van der Waals surface area contributed by atoms with Crippen molar-refractivity contribution < 1.29 is 9.72 Å². The molecular formula is C14H18N4O3. The van der Waals surface area contributed by atoms with E-state index >= 15 is 0 Å². The highest BCUT2D eigenvalue weighted by Crippen LogP contribution is 2.29. The standard InChI is InChI=1S/C14H18N4O3/c1-4-17(9-5-8-15)13-10-11(14(19)16(2)3)6-7-12(13)18(20)21/h6-7,10H,4-5,9H2,1-3H3. The summed E-state index contributed by atoms with van der Waals surface area (Å²) in [5.41, 5.74) is 0.687. The predicted molar refractivity (Wildman–Crippen MR) is 79.2 cm³/mol. The highest BCUT2D eigenvalue weighted by atomic mass is 16.6. The fourth-order valence-electron chi connectivity index (χ4n) is 1.96. The van der Waals surface area contributed by atoms with Gasteiger partial charge in [-0.2, -0.15) is 5.26 Å². The van der Waals surface area contributed by atoms with Gasteiger partial charge in [-0.15, -0.1) is 0 Å². The van der Waals surface area contributed by atoms with Crippen molar-refractivity contribution in [3.05, 3.63) is 33.9 Å². The number of amides is 1. The van der Waals surface area contributed by atoms with Crippen LogP contribution in [0.2, 0.25) is 0 Å². The summed E-state index contributed by atoms with van der Waals surface area (Å²) < 4.78 is 0. The molecule has 0 atom stereocenters. The molecule has 0 spiro atoms. The average Bonchev–Trinajstić information content (AvgIpc) is 2.46. The van der Waals surface area contributed by atoms with E-state index in [2.05, 4.69) is 0 Å². The molecule has 0 saturated heterocycles. The van der Waals surface area contributed by atoms with Crippen LogP contribution in [0.1, 0.15) is 23.7 Å². The number of benzene rings is 1. The molecule has 0 heterocycles. The Morgan fingerprint density at radius 2 is 2.10 bits per heavy atom. The molecule has 112 valence electrons. The number of rotatable bonds is 6. The number of carbonyl (C=O) groups excluding carboxylic acids is 1. The van der Waals surface area contributed by atoms with Crippen molar-refractivity contribution in [3.8, 4) is 6.07 Å². The molecule has 1 aromatic rings. The van der Waals surface area contributed by atoms with E-state index in [-0.39, 0.29) is 18.0 Å². The van der Waals surface area contributed by atoms with E-state index in [9.17, 15) is 14.9 Å². The van der Waals surface area contributed by atoms with E-state index in [1.165, 1.54) is 23.1 Å². The van der Waals surface area contributed by atoms with Crippen LogP contribution >= 0.6 is 0 Å². The van der Waals surface area contributed by atoms with Crippen LogP contribution < -0.4 is 4.90 Å². The maximum Gasteiger partial charge on any atom is 0.292 e. The summed E-state index contributed by atoms with van der Waals surface area (Å²) in [5.74, 6) is -0.220. The van der Waals surface area contributed by atoms with E-state index in [0.717, 1.165) is 0 Å². The van der Waals surface area contributed by atoms with E-state index in [0.29, 0.717) is 24.3 Å². The van der Waals surface area contributed by atoms with Crippen LogP contribution in [0.5, 0.6) is 0 Å². The van der Waals surface area contributed by atoms with Gasteiger partial charge in [0.15, 0.2) is 0 Å². The molecule has 1 aromatic carbocycles. The lowest BCUT2D eigenvalue weighted by molar-refractivity contribution is -0.384. The van der Waals surface area contributed by atoms with Crippen LogP contribution in [0, 0.1) is 21.4 Å². The summed E-state index contributed by atoms with van der Waals surface area (Å²) in [6.45, 7) is 2.75. The molecule has 7 nitrogen and oxygen atoms in total.